The summed E-state index contributed by atoms with van der Waals surface area (Å²) in [5.74, 6) is 0. The van der Waals surface area contributed by atoms with Crippen molar-refractivity contribution in [3.63, 3.8) is 0 Å². The van der Waals surface area contributed by atoms with E-state index in [1.165, 1.54) is 88.1 Å². The van der Waals surface area contributed by atoms with Gasteiger partial charge in [0.2, 0.25) is 0 Å². The minimum atomic E-state index is -0.484. The zero-order valence-electron chi connectivity index (χ0n) is 42.0. The molecule has 2 aliphatic carbocycles. The summed E-state index contributed by atoms with van der Waals surface area (Å²) < 4.78 is 4.78. The molecule has 0 unspecified atom stereocenters. The van der Waals surface area contributed by atoms with Gasteiger partial charge in [-0.05, 0) is 166 Å². The van der Waals surface area contributed by atoms with Crippen LogP contribution in [0.5, 0.6) is 0 Å². The second-order valence-corrected chi connectivity index (χ2v) is 20.4. The van der Waals surface area contributed by atoms with Crippen LogP contribution in [0.2, 0.25) is 0 Å². The number of benzene rings is 12. The molecule has 2 heterocycles. The maximum Gasteiger partial charge on any atom is 0.0726 e. The molecular weight excluding hydrogens is 933 g/mol. The lowest BCUT2D eigenvalue weighted by molar-refractivity contribution is 0.793. The second kappa shape index (κ2) is 16.9. The first-order chi connectivity index (χ1) is 38.2. The summed E-state index contributed by atoms with van der Waals surface area (Å²) in [4.78, 5) is 4.86. The second-order valence-electron chi connectivity index (χ2n) is 20.4. The number of para-hydroxylation sites is 5. The highest BCUT2D eigenvalue weighted by molar-refractivity contribution is 6.12. The zero-order chi connectivity index (χ0) is 50.6. The number of aromatic nitrogens is 2. The molecule has 4 nitrogen and oxygen atoms in total. The standard InChI is InChI=1S/C73H48N4/c1-4-20-49(21-5-1)74(54-41-44-71-63(46-54)61-29-13-18-34-69(61)76(71)50-22-6-2-7-23-50)52-36-38-53(39-37-52)75(55-42-45-72-64(47-55)62-30-14-19-35-70(62)77(72)51-24-8-3-9-25-51)56-40-43-60-59-28-12-17-33-67(59)73(68(60)48-56)65-31-15-10-26-57(65)58-27-11-16-32-66(58)73/h1-48H. The van der Waals surface area contributed by atoms with Crippen LogP contribution >= 0.6 is 0 Å². The average molecular weight is 981 g/mol. The van der Waals surface area contributed by atoms with Crippen molar-refractivity contribution in [2.24, 2.45) is 0 Å². The highest BCUT2D eigenvalue weighted by atomic mass is 15.2. The van der Waals surface area contributed by atoms with Crippen LogP contribution in [0.25, 0.3) is 77.2 Å². The summed E-state index contributed by atoms with van der Waals surface area (Å²) in [6.07, 6.45) is 0. The van der Waals surface area contributed by atoms with Crippen LogP contribution in [0.15, 0.2) is 291 Å². The number of fused-ring (bicyclic) bond motifs is 16. The predicted octanol–water partition coefficient (Wildman–Crippen LogP) is 19.2. The maximum atomic E-state index is 2.50. The van der Waals surface area contributed by atoms with Gasteiger partial charge in [0.25, 0.3) is 0 Å². The molecule has 0 atom stereocenters. The minimum absolute atomic E-state index is 0.484. The molecule has 4 heteroatoms. The van der Waals surface area contributed by atoms with E-state index in [1.54, 1.807) is 0 Å². The van der Waals surface area contributed by atoms with Crippen LogP contribution in [0.3, 0.4) is 0 Å². The SMILES string of the molecule is c1ccc(N(c2ccc(N(c3ccc4c(c3)C3(c5ccccc5-c5ccccc53)c3ccccc3-4)c3ccc4c(c3)c3ccccc3n4-c3ccccc3)cc2)c2ccc3c(c2)c2ccccc2n3-c2ccccc2)cc1. The topological polar surface area (TPSA) is 16.3 Å². The molecule has 0 bridgehead atoms. The van der Waals surface area contributed by atoms with Gasteiger partial charge >= 0.3 is 0 Å². The Morgan fingerprint density at radius 3 is 1.03 bits per heavy atom. The molecule has 0 radical (unpaired) electrons. The predicted molar refractivity (Wildman–Crippen MR) is 321 cm³/mol. The third-order valence-corrected chi connectivity index (χ3v) is 16.5. The Kier molecular flexibility index (Phi) is 9.52. The summed E-state index contributed by atoms with van der Waals surface area (Å²) in [7, 11) is 0. The largest absolute Gasteiger partial charge is 0.310 e. The highest BCUT2D eigenvalue weighted by Gasteiger charge is 2.51. The van der Waals surface area contributed by atoms with Gasteiger partial charge < -0.3 is 18.9 Å². The van der Waals surface area contributed by atoms with Crippen LogP contribution in [0.1, 0.15) is 22.3 Å². The van der Waals surface area contributed by atoms with Crippen LogP contribution in [0, 0.1) is 0 Å². The van der Waals surface area contributed by atoms with Gasteiger partial charge in [-0.2, -0.15) is 0 Å². The number of rotatable bonds is 8. The van der Waals surface area contributed by atoms with Crippen LogP contribution < -0.4 is 9.80 Å². The van der Waals surface area contributed by atoms with Gasteiger partial charge in [-0.3, -0.25) is 0 Å². The summed E-state index contributed by atoms with van der Waals surface area (Å²) in [5, 5.41) is 4.85. The van der Waals surface area contributed by atoms with Crippen LogP contribution in [-0.4, -0.2) is 9.13 Å². The zero-order valence-corrected chi connectivity index (χ0v) is 42.0. The third kappa shape index (κ3) is 6.33. The molecule has 0 fully saturated rings. The van der Waals surface area contributed by atoms with Crippen molar-refractivity contribution in [3.05, 3.63) is 313 Å². The Bertz CT molecular complexity index is 4560. The third-order valence-electron chi connectivity index (χ3n) is 16.5. The summed E-state index contributed by atoms with van der Waals surface area (Å²) in [6, 6.07) is 107. The lowest BCUT2D eigenvalue weighted by Crippen LogP contribution is -2.26. The first-order valence-electron chi connectivity index (χ1n) is 26.6. The summed E-state index contributed by atoms with van der Waals surface area (Å²) >= 11 is 0. The van der Waals surface area contributed by atoms with E-state index in [0.29, 0.717) is 0 Å². The molecule has 77 heavy (non-hydrogen) atoms. The van der Waals surface area contributed by atoms with E-state index in [-0.39, 0.29) is 0 Å². The van der Waals surface area contributed by atoms with E-state index >= 15 is 0 Å². The maximum absolute atomic E-state index is 2.50. The number of hydrogen-bond acceptors (Lipinski definition) is 2. The fourth-order valence-electron chi connectivity index (χ4n) is 13.4. The fraction of sp³-hybridized carbons (Fsp3) is 0.0137. The van der Waals surface area contributed by atoms with E-state index in [9.17, 15) is 0 Å². The van der Waals surface area contributed by atoms with Gasteiger partial charge in [-0.15, -0.1) is 0 Å². The number of hydrogen-bond donors (Lipinski definition) is 0. The van der Waals surface area contributed by atoms with Gasteiger partial charge in [0.05, 0.1) is 27.5 Å². The fourth-order valence-corrected chi connectivity index (χ4v) is 13.4. The van der Waals surface area contributed by atoms with Gasteiger partial charge in [-0.25, -0.2) is 0 Å². The van der Waals surface area contributed by atoms with Gasteiger partial charge in [0, 0.05) is 67.0 Å². The highest BCUT2D eigenvalue weighted by Crippen LogP contribution is 2.63. The van der Waals surface area contributed by atoms with Crippen LogP contribution in [-0.2, 0) is 5.41 Å². The quantitative estimate of drug-likeness (QED) is 0.151. The van der Waals surface area contributed by atoms with Crippen molar-refractivity contribution in [2.45, 2.75) is 5.41 Å². The van der Waals surface area contributed by atoms with E-state index in [2.05, 4.69) is 310 Å². The van der Waals surface area contributed by atoms with Crippen molar-refractivity contribution in [3.8, 4) is 33.6 Å². The molecule has 16 rings (SSSR count). The van der Waals surface area contributed by atoms with E-state index in [4.69, 9.17) is 0 Å². The van der Waals surface area contributed by atoms with Gasteiger partial charge in [0.1, 0.15) is 0 Å². The van der Waals surface area contributed by atoms with Crippen LogP contribution in [0.4, 0.5) is 34.1 Å². The molecule has 0 saturated heterocycles. The Morgan fingerprint density at radius 2 is 0.545 bits per heavy atom. The van der Waals surface area contributed by atoms with Crippen molar-refractivity contribution in [2.75, 3.05) is 9.80 Å². The number of anilines is 6. The Morgan fingerprint density at radius 1 is 0.221 bits per heavy atom. The Hall–Kier alpha value is -10.2. The first kappa shape index (κ1) is 43.3. The van der Waals surface area contributed by atoms with Crippen molar-refractivity contribution < 1.29 is 0 Å². The van der Waals surface area contributed by atoms with E-state index < -0.39 is 5.41 Å². The summed E-state index contributed by atoms with van der Waals surface area (Å²) in [5.41, 5.74) is 23.5. The van der Waals surface area contributed by atoms with E-state index in [0.717, 1.165) is 45.5 Å². The molecule has 0 amide bonds. The average Bonchev–Trinajstić information content (AvgIpc) is 4.21. The molecule has 14 aromatic rings. The Labute approximate surface area is 446 Å². The van der Waals surface area contributed by atoms with Gasteiger partial charge in [0.15, 0.2) is 0 Å². The molecule has 12 aromatic carbocycles. The molecule has 360 valence electrons. The molecule has 2 aromatic heterocycles. The summed E-state index contributed by atoms with van der Waals surface area (Å²) in [6.45, 7) is 0. The molecule has 0 aliphatic heterocycles. The molecule has 0 saturated carbocycles. The number of nitrogens with zero attached hydrogens (tertiary/aromatic N) is 4. The van der Waals surface area contributed by atoms with Crippen molar-refractivity contribution in [1.29, 1.82) is 0 Å². The lowest BCUT2D eigenvalue weighted by atomic mass is 9.70. The lowest BCUT2D eigenvalue weighted by Gasteiger charge is -2.32. The molecule has 1 spiro atoms. The molecule has 0 N–H and O–H groups in total. The molecule has 2 aliphatic rings. The minimum Gasteiger partial charge on any atom is -0.310 e. The first-order valence-corrected chi connectivity index (χ1v) is 26.6. The smallest absolute Gasteiger partial charge is 0.0726 e. The monoisotopic (exact) mass is 980 g/mol. The molecular formula is C73H48N4. The van der Waals surface area contributed by atoms with Gasteiger partial charge in [-0.1, -0.05) is 170 Å². The van der Waals surface area contributed by atoms with Crippen molar-refractivity contribution >= 4 is 77.7 Å². The van der Waals surface area contributed by atoms with E-state index in [1.807, 2.05) is 0 Å². The Balaban J connectivity index is 0.898. The van der Waals surface area contributed by atoms with Crippen molar-refractivity contribution in [1.82, 2.24) is 9.13 Å². The normalized spacial score (nSPS) is 12.8.